The van der Waals surface area contributed by atoms with Gasteiger partial charge >= 0.3 is 12.2 Å². The van der Waals surface area contributed by atoms with Gasteiger partial charge in [0, 0.05) is 5.69 Å². The Bertz CT molecular complexity index is 1190. The zero-order chi connectivity index (χ0) is 23.3. The molecule has 0 bridgehead atoms. The summed E-state index contributed by atoms with van der Waals surface area (Å²) in [7, 11) is 0. The molecule has 1 saturated heterocycles. The number of aliphatic imine (C=N–C) groups is 1. The van der Waals surface area contributed by atoms with E-state index in [-0.39, 0.29) is 22.9 Å². The molecule has 6 nitrogen and oxygen atoms in total. The Morgan fingerprint density at radius 2 is 1.84 bits per heavy atom. The van der Waals surface area contributed by atoms with E-state index in [4.69, 9.17) is 0 Å². The molecule has 32 heavy (non-hydrogen) atoms. The Labute approximate surface area is 183 Å². The maximum Gasteiger partial charge on any atom is 0.416 e. The Balaban J connectivity index is 1.91. The van der Waals surface area contributed by atoms with Crippen LogP contribution in [-0.4, -0.2) is 27.9 Å². The molecule has 2 amide bonds. The number of nitrogens with zero attached hydrogens (tertiary/aromatic N) is 3. The Hall–Kier alpha value is -3.36. The molecular weight excluding hydrogens is 419 g/mol. The summed E-state index contributed by atoms with van der Waals surface area (Å²) >= 11 is 0. The Kier molecular flexibility index (Phi) is 5.22. The number of carbonyl (C=O) groups excluding carboxylic acids is 1. The summed E-state index contributed by atoms with van der Waals surface area (Å²) in [5, 5.41) is 2.72. The van der Waals surface area contributed by atoms with E-state index in [1.807, 2.05) is 27.7 Å². The summed E-state index contributed by atoms with van der Waals surface area (Å²) in [6.07, 6.45) is -3.06. The standard InChI is InChI=1S/C23H24F3N5O/c1-13(22(2,3)4)29-20-19(15-7-5-6-8-16(15)23(24,25)26)31(21(32)30-20)14-9-10-17-18(11-14)28-12-27-17/h5-13,19H,1-4H3,(H,27,28)(H,29,30,32). The van der Waals surface area contributed by atoms with Gasteiger partial charge in [0.15, 0.2) is 0 Å². The fourth-order valence-electron chi connectivity index (χ4n) is 3.60. The fraction of sp³-hybridized carbons (Fsp3) is 0.348. The van der Waals surface area contributed by atoms with Crippen molar-refractivity contribution in [3.63, 3.8) is 0 Å². The van der Waals surface area contributed by atoms with Crippen LogP contribution in [0.1, 0.15) is 44.9 Å². The summed E-state index contributed by atoms with van der Waals surface area (Å²) < 4.78 is 41.7. The predicted octanol–water partition coefficient (Wildman–Crippen LogP) is 5.69. The number of carbonyl (C=O) groups is 1. The van der Waals surface area contributed by atoms with Gasteiger partial charge in [0.05, 0.1) is 29.0 Å². The van der Waals surface area contributed by atoms with E-state index in [1.165, 1.54) is 29.4 Å². The van der Waals surface area contributed by atoms with Crippen molar-refractivity contribution >= 4 is 28.6 Å². The molecule has 4 rings (SSSR count). The number of H-pyrrole nitrogens is 1. The van der Waals surface area contributed by atoms with Crippen LogP contribution in [0.5, 0.6) is 0 Å². The third-order valence-corrected chi connectivity index (χ3v) is 5.80. The van der Waals surface area contributed by atoms with Crippen molar-refractivity contribution in [3.05, 3.63) is 59.9 Å². The molecule has 0 saturated carbocycles. The largest absolute Gasteiger partial charge is 0.416 e. The molecule has 3 aromatic rings. The maximum absolute atomic E-state index is 13.9. The molecule has 1 aliphatic heterocycles. The normalized spacial score (nSPS) is 19.6. The van der Waals surface area contributed by atoms with Gasteiger partial charge in [0.2, 0.25) is 0 Å². The Morgan fingerprint density at radius 1 is 1.12 bits per heavy atom. The monoisotopic (exact) mass is 443 g/mol. The maximum atomic E-state index is 13.9. The van der Waals surface area contributed by atoms with Gasteiger partial charge < -0.3 is 4.98 Å². The van der Waals surface area contributed by atoms with Gasteiger partial charge in [-0.25, -0.2) is 9.78 Å². The topological polar surface area (TPSA) is 73.4 Å². The molecule has 1 fully saturated rings. The van der Waals surface area contributed by atoms with Crippen LogP contribution in [0, 0.1) is 5.41 Å². The summed E-state index contributed by atoms with van der Waals surface area (Å²) in [5.74, 6) is 0.191. The van der Waals surface area contributed by atoms with E-state index in [1.54, 1.807) is 18.2 Å². The molecule has 2 aromatic carbocycles. The minimum atomic E-state index is -4.58. The van der Waals surface area contributed by atoms with E-state index in [0.717, 1.165) is 11.6 Å². The lowest BCUT2D eigenvalue weighted by molar-refractivity contribution is -0.138. The lowest BCUT2D eigenvalue weighted by Crippen LogP contribution is -2.31. The predicted molar refractivity (Wildman–Crippen MR) is 118 cm³/mol. The number of nitrogens with one attached hydrogen (secondary N) is 2. The number of rotatable bonds is 3. The first-order valence-corrected chi connectivity index (χ1v) is 10.2. The quantitative estimate of drug-likeness (QED) is 0.546. The lowest BCUT2D eigenvalue weighted by atomic mass is 9.88. The number of aromatic amines is 1. The van der Waals surface area contributed by atoms with E-state index in [0.29, 0.717) is 11.2 Å². The number of anilines is 1. The minimum Gasteiger partial charge on any atom is -0.345 e. The average molecular weight is 443 g/mol. The lowest BCUT2D eigenvalue weighted by Gasteiger charge is -2.28. The molecular formula is C23H24F3N5O. The second-order valence-electron chi connectivity index (χ2n) is 8.95. The number of amides is 2. The van der Waals surface area contributed by atoms with Crippen molar-refractivity contribution in [1.82, 2.24) is 15.3 Å². The number of fused-ring (bicyclic) bond motifs is 1. The fourth-order valence-corrected chi connectivity index (χ4v) is 3.60. The SMILES string of the molecule is CC(/N=C1\NC(=O)N(c2ccc3[nH]cnc3c2)C1c1ccccc1C(F)(F)F)C(C)(C)C. The van der Waals surface area contributed by atoms with Crippen molar-refractivity contribution in [2.45, 2.75) is 46.0 Å². The van der Waals surface area contributed by atoms with E-state index >= 15 is 0 Å². The van der Waals surface area contributed by atoms with Gasteiger partial charge in [0.25, 0.3) is 0 Å². The highest BCUT2D eigenvalue weighted by Gasteiger charge is 2.44. The second-order valence-corrected chi connectivity index (χ2v) is 8.95. The van der Waals surface area contributed by atoms with Crippen LogP contribution in [0.2, 0.25) is 0 Å². The molecule has 0 aliphatic carbocycles. The van der Waals surface area contributed by atoms with Crippen LogP contribution in [0.25, 0.3) is 11.0 Å². The number of alkyl halides is 3. The number of benzene rings is 2. The van der Waals surface area contributed by atoms with Crippen LogP contribution < -0.4 is 10.2 Å². The summed E-state index contributed by atoms with van der Waals surface area (Å²) in [4.78, 5) is 26.2. The van der Waals surface area contributed by atoms with Gasteiger partial charge in [-0.05, 0) is 42.2 Å². The van der Waals surface area contributed by atoms with Crippen LogP contribution in [0.15, 0.2) is 53.8 Å². The zero-order valence-electron chi connectivity index (χ0n) is 18.2. The van der Waals surface area contributed by atoms with Crippen molar-refractivity contribution < 1.29 is 18.0 Å². The number of hydrogen-bond donors (Lipinski definition) is 2. The highest BCUT2D eigenvalue weighted by Crippen LogP contribution is 2.40. The number of imidazole rings is 1. The van der Waals surface area contributed by atoms with Gasteiger partial charge in [-0.2, -0.15) is 13.2 Å². The summed E-state index contributed by atoms with van der Waals surface area (Å²) in [5.41, 5.74) is 0.705. The molecule has 2 heterocycles. The number of urea groups is 1. The average Bonchev–Trinajstić information content (AvgIpc) is 3.29. The first kappa shape index (κ1) is 21.9. The molecule has 168 valence electrons. The molecule has 0 spiro atoms. The van der Waals surface area contributed by atoms with Gasteiger partial charge in [-0.3, -0.25) is 15.2 Å². The van der Waals surface area contributed by atoms with Crippen molar-refractivity contribution in [1.29, 1.82) is 0 Å². The third kappa shape index (κ3) is 3.94. The van der Waals surface area contributed by atoms with E-state index in [9.17, 15) is 18.0 Å². The smallest absolute Gasteiger partial charge is 0.345 e. The number of halogens is 3. The summed E-state index contributed by atoms with van der Waals surface area (Å²) in [6.45, 7) is 7.84. The minimum absolute atomic E-state index is 0.0414. The van der Waals surface area contributed by atoms with Crippen LogP contribution >= 0.6 is 0 Å². The first-order chi connectivity index (χ1) is 15.0. The van der Waals surface area contributed by atoms with Gasteiger partial charge in [-0.1, -0.05) is 39.0 Å². The van der Waals surface area contributed by atoms with Gasteiger partial charge in [-0.15, -0.1) is 0 Å². The molecule has 0 radical (unpaired) electrons. The zero-order valence-corrected chi connectivity index (χ0v) is 18.2. The molecule has 9 heteroatoms. The molecule has 2 unspecified atom stereocenters. The Morgan fingerprint density at radius 3 is 2.53 bits per heavy atom. The van der Waals surface area contributed by atoms with Crippen LogP contribution in [0.4, 0.5) is 23.7 Å². The second kappa shape index (κ2) is 7.65. The van der Waals surface area contributed by atoms with Crippen LogP contribution in [0.3, 0.4) is 0 Å². The number of aromatic nitrogens is 2. The highest BCUT2D eigenvalue weighted by atomic mass is 19.4. The van der Waals surface area contributed by atoms with Crippen molar-refractivity contribution in [2.75, 3.05) is 4.90 Å². The van der Waals surface area contributed by atoms with Crippen molar-refractivity contribution in [2.24, 2.45) is 10.4 Å². The number of amidine groups is 1. The molecule has 1 aliphatic rings. The van der Waals surface area contributed by atoms with Crippen molar-refractivity contribution in [3.8, 4) is 0 Å². The van der Waals surface area contributed by atoms with Crippen LogP contribution in [-0.2, 0) is 6.18 Å². The first-order valence-electron chi connectivity index (χ1n) is 10.2. The number of hydrogen-bond acceptors (Lipinski definition) is 3. The van der Waals surface area contributed by atoms with E-state index < -0.39 is 23.8 Å². The third-order valence-electron chi connectivity index (χ3n) is 5.80. The highest BCUT2D eigenvalue weighted by molar-refractivity contribution is 6.17. The van der Waals surface area contributed by atoms with E-state index in [2.05, 4.69) is 20.3 Å². The molecule has 2 atom stereocenters. The van der Waals surface area contributed by atoms with Gasteiger partial charge in [0.1, 0.15) is 11.9 Å². The molecule has 1 aromatic heterocycles. The summed E-state index contributed by atoms with van der Waals surface area (Å²) in [6, 6.07) is 8.55. The molecule has 2 N–H and O–H groups in total.